The summed E-state index contributed by atoms with van der Waals surface area (Å²) in [6.07, 6.45) is 4.22. The van der Waals surface area contributed by atoms with E-state index >= 15 is 0 Å². The van der Waals surface area contributed by atoms with E-state index in [0.29, 0.717) is 6.54 Å². The van der Waals surface area contributed by atoms with Gasteiger partial charge in [-0.05, 0) is 19.8 Å². The molecule has 0 atom stereocenters. The Morgan fingerprint density at radius 1 is 1.30 bits per heavy atom. The lowest BCUT2D eigenvalue weighted by molar-refractivity contribution is -0.117. The molecule has 0 bridgehead atoms. The average molecular weight is 337 g/mol. The number of likely N-dealkylation sites (tertiary alicyclic amines) is 1. The maximum absolute atomic E-state index is 12.2. The van der Waals surface area contributed by atoms with Crippen molar-refractivity contribution < 1.29 is 4.79 Å². The number of hydrogen-bond acceptors (Lipinski definition) is 5. The van der Waals surface area contributed by atoms with Crippen LogP contribution in [0.4, 0.5) is 5.69 Å². The van der Waals surface area contributed by atoms with E-state index in [1.54, 1.807) is 4.68 Å². The number of piperidine rings is 1. The molecule has 0 saturated carbocycles. The summed E-state index contributed by atoms with van der Waals surface area (Å²) in [6.45, 7) is 6.91. The molecular formula is C16H27N5OS. The van der Waals surface area contributed by atoms with Crippen molar-refractivity contribution in [2.45, 2.75) is 25.8 Å². The lowest BCUT2D eigenvalue weighted by Gasteiger charge is -2.39. The highest BCUT2D eigenvalue weighted by Crippen LogP contribution is 2.20. The fourth-order valence-electron chi connectivity index (χ4n) is 3.50. The molecule has 128 valence electrons. The smallest absolute Gasteiger partial charge is 0.238 e. The summed E-state index contributed by atoms with van der Waals surface area (Å²) in [7, 11) is 1.87. The van der Waals surface area contributed by atoms with Crippen molar-refractivity contribution in [1.29, 1.82) is 0 Å². The highest BCUT2D eigenvalue weighted by molar-refractivity contribution is 7.99. The second-order valence-corrected chi connectivity index (χ2v) is 7.73. The Labute approximate surface area is 142 Å². The molecule has 3 rings (SSSR count). The quantitative estimate of drug-likeness (QED) is 0.894. The van der Waals surface area contributed by atoms with Gasteiger partial charge in [0.1, 0.15) is 0 Å². The Kier molecular flexibility index (Phi) is 5.61. The van der Waals surface area contributed by atoms with Gasteiger partial charge in [0.25, 0.3) is 0 Å². The van der Waals surface area contributed by atoms with Gasteiger partial charge < -0.3 is 5.32 Å². The predicted octanol–water partition coefficient (Wildman–Crippen LogP) is 1.18. The van der Waals surface area contributed by atoms with Crippen LogP contribution in [0.2, 0.25) is 0 Å². The predicted molar refractivity (Wildman–Crippen MR) is 94.9 cm³/mol. The SMILES string of the molecule is Cc1nn(C)cc1NC(=O)CN1CCC(N2CCSCC2)CC1. The summed E-state index contributed by atoms with van der Waals surface area (Å²) < 4.78 is 1.73. The van der Waals surface area contributed by atoms with Crippen molar-refractivity contribution in [1.82, 2.24) is 19.6 Å². The van der Waals surface area contributed by atoms with E-state index in [-0.39, 0.29) is 5.91 Å². The van der Waals surface area contributed by atoms with Gasteiger partial charge in [0, 0.05) is 57.0 Å². The Morgan fingerprint density at radius 3 is 2.61 bits per heavy atom. The third kappa shape index (κ3) is 4.49. The van der Waals surface area contributed by atoms with Crippen molar-refractivity contribution in [3.8, 4) is 0 Å². The van der Waals surface area contributed by atoms with Gasteiger partial charge in [-0.25, -0.2) is 0 Å². The molecular weight excluding hydrogens is 310 g/mol. The molecule has 23 heavy (non-hydrogen) atoms. The standard InChI is InChI=1S/C16H27N5OS/c1-13-15(11-19(2)18-13)17-16(22)12-20-5-3-14(4-6-20)21-7-9-23-10-8-21/h11,14H,3-10,12H2,1-2H3,(H,17,22). The first-order chi connectivity index (χ1) is 11.1. The first-order valence-corrected chi connectivity index (χ1v) is 9.61. The number of carbonyl (C=O) groups is 1. The first-order valence-electron chi connectivity index (χ1n) is 8.46. The first kappa shape index (κ1) is 16.8. The molecule has 2 fully saturated rings. The topological polar surface area (TPSA) is 53.4 Å². The van der Waals surface area contributed by atoms with Crippen LogP contribution in [0.25, 0.3) is 0 Å². The second-order valence-electron chi connectivity index (χ2n) is 6.51. The number of nitrogens with one attached hydrogen (secondary N) is 1. The van der Waals surface area contributed by atoms with Gasteiger partial charge in [0.15, 0.2) is 0 Å². The number of hydrogen-bond donors (Lipinski definition) is 1. The van der Waals surface area contributed by atoms with E-state index in [0.717, 1.165) is 30.5 Å². The molecule has 0 spiro atoms. The monoisotopic (exact) mass is 337 g/mol. The minimum atomic E-state index is 0.0638. The van der Waals surface area contributed by atoms with E-state index in [4.69, 9.17) is 0 Å². The summed E-state index contributed by atoms with van der Waals surface area (Å²) in [5.41, 5.74) is 1.68. The maximum atomic E-state index is 12.2. The van der Waals surface area contributed by atoms with Gasteiger partial charge in [-0.15, -0.1) is 0 Å². The van der Waals surface area contributed by atoms with Crippen LogP contribution in [-0.4, -0.2) is 75.8 Å². The summed E-state index contributed by atoms with van der Waals surface area (Å²) in [5.74, 6) is 2.61. The van der Waals surface area contributed by atoms with Crippen molar-refractivity contribution >= 4 is 23.4 Å². The van der Waals surface area contributed by atoms with Gasteiger partial charge in [-0.1, -0.05) is 0 Å². The largest absolute Gasteiger partial charge is 0.322 e. The highest BCUT2D eigenvalue weighted by Gasteiger charge is 2.26. The minimum Gasteiger partial charge on any atom is -0.322 e. The summed E-state index contributed by atoms with van der Waals surface area (Å²) >= 11 is 2.06. The number of thioether (sulfide) groups is 1. The Hall–Kier alpha value is -1.05. The fraction of sp³-hybridized carbons (Fsp3) is 0.750. The normalized spacial score (nSPS) is 21.5. The van der Waals surface area contributed by atoms with Gasteiger partial charge in [-0.3, -0.25) is 19.3 Å². The zero-order valence-electron chi connectivity index (χ0n) is 14.1. The summed E-state index contributed by atoms with van der Waals surface area (Å²) in [6, 6.07) is 0.718. The van der Waals surface area contributed by atoms with Gasteiger partial charge in [-0.2, -0.15) is 16.9 Å². The highest BCUT2D eigenvalue weighted by atomic mass is 32.2. The number of aromatic nitrogens is 2. The van der Waals surface area contributed by atoms with Crippen LogP contribution in [0.1, 0.15) is 18.5 Å². The molecule has 1 aromatic rings. The van der Waals surface area contributed by atoms with Crippen molar-refractivity contribution in [3.05, 3.63) is 11.9 Å². The van der Waals surface area contributed by atoms with Gasteiger partial charge >= 0.3 is 0 Å². The van der Waals surface area contributed by atoms with Crippen molar-refractivity contribution in [2.75, 3.05) is 49.5 Å². The van der Waals surface area contributed by atoms with Crippen molar-refractivity contribution in [3.63, 3.8) is 0 Å². The van der Waals surface area contributed by atoms with E-state index in [1.807, 2.05) is 20.2 Å². The molecule has 6 nitrogen and oxygen atoms in total. The molecule has 0 unspecified atom stereocenters. The number of rotatable bonds is 4. The van der Waals surface area contributed by atoms with Crippen LogP contribution >= 0.6 is 11.8 Å². The van der Waals surface area contributed by atoms with Crippen LogP contribution in [0.5, 0.6) is 0 Å². The molecule has 2 aliphatic rings. The van der Waals surface area contributed by atoms with Crippen LogP contribution in [0.3, 0.4) is 0 Å². The number of carbonyl (C=O) groups excluding carboxylic acids is 1. The molecule has 1 N–H and O–H groups in total. The Bertz CT molecular complexity index is 533. The molecule has 2 saturated heterocycles. The van der Waals surface area contributed by atoms with Crippen LogP contribution in [0, 0.1) is 6.92 Å². The van der Waals surface area contributed by atoms with Gasteiger partial charge in [0.2, 0.25) is 5.91 Å². The van der Waals surface area contributed by atoms with Crippen LogP contribution in [0.15, 0.2) is 6.20 Å². The van der Waals surface area contributed by atoms with E-state index in [9.17, 15) is 4.79 Å². The number of aryl methyl sites for hydroxylation is 2. The molecule has 0 aliphatic carbocycles. The van der Waals surface area contributed by atoms with E-state index in [1.165, 1.54) is 37.4 Å². The van der Waals surface area contributed by atoms with E-state index in [2.05, 4.69) is 32.0 Å². The number of nitrogens with zero attached hydrogens (tertiary/aromatic N) is 4. The summed E-state index contributed by atoms with van der Waals surface area (Å²) in [4.78, 5) is 17.1. The fourth-order valence-corrected chi connectivity index (χ4v) is 4.43. The molecule has 2 aliphatic heterocycles. The minimum absolute atomic E-state index is 0.0638. The third-order valence-electron chi connectivity index (χ3n) is 4.77. The molecule has 1 amide bonds. The lowest BCUT2D eigenvalue weighted by Crippen LogP contribution is -2.49. The Morgan fingerprint density at radius 2 is 2.00 bits per heavy atom. The average Bonchev–Trinajstić information content (AvgIpc) is 2.86. The zero-order chi connectivity index (χ0) is 16.2. The van der Waals surface area contributed by atoms with Gasteiger partial charge in [0.05, 0.1) is 17.9 Å². The molecule has 0 aromatic carbocycles. The number of anilines is 1. The summed E-state index contributed by atoms with van der Waals surface area (Å²) in [5, 5.41) is 7.23. The van der Waals surface area contributed by atoms with Crippen LogP contribution in [-0.2, 0) is 11.8 Å². The van der Waals surface area contributed by atoms with Crippen molar-refractivity contribution in [2.24, 2.45) is 7.05 Å². The maximum Gasteiger partial charge on any atom is 0.238 e. The molecule has 0 radical (unpaired) electrons. The van der Waals surface area contributed by atoms with E-state index < -0.39 is 0 Å². The Balaban J connectivity index is 1.43. The third-order valence-corrected chi connectivity index (χ3v) is 5.72. The zero-order valence-corrected chi connectivity index (χ0v) is 14.9. The lowest BCUT2D eigenvalue weighted by atomic mass is 10.0. The molecule has 1 aromatic heterocycles. The molecule has 7 heteroatoms. The second kappa shape index (κ2) is 7.68. The van der Waals surface area contributed by atoms with Crippen LogP contribution < -0.4 is 5.32 Å². The molecule has 3 heterocycles. The number of amides is 1.